The molecule has 1 heterocycles. The molecule has 2 N–H and O–H groups in total. The van der Waals surface area contributed by atoms with Crippen LogP contribution in [-0.2, 0) is 9.59 Å². The fourth-order valence-corrected chi connectivity index (χ4v) is 2.62. The molecular weight excluding hydrogens is 236 g/mol. The summed E-state index contributed by atoms with van der Waals surface area (Å²) < 4.78 is 0. The predicted molar refractivity (Wildman–Crippen MR) is 67.7 cm³/mol. The van der Waals surface area contributed by atoms with Crippen molar-refractivity contribution in [2.75, 3.05) is 12.4 Å². The standard InChI is InChI=1S/C12H12N2O2S/c1-13-9-4-2-3-5-10(9)17-8-6-11(15)14-12(16)7-8/h2-6,13H,7H2,1H3,(H,14,15,16). The van der Waals surface area contributed by atoms with Crippen LogP contribution in [0.2, 0.25) is 0 Å². The van der Waals surface area contributed by atoms with Gasteiger partial charge in [-0.15, -0.1) is 0 Å². The van der Waals surface area contributed by atoms with Gasteiger partial charge in [-0.1, -0.05) is 23.9 Å². The molecule has 1 aromatic rings. The molecule has 0 bridgehead atoms. The van der Waals surface area contributed by atoms with Gasteiger partial charge in [-0.05, 0) is 12.1 Å². The molecule has 1 aliphatic rings. The van der Waals surface area contributed by atoms with Crippen molar-refractivity contribution in [3.63, 3.8) is 0 Å². The smallest absolute Gasteiger partial charge is 0.251 e. The van der Waals surface area contributed by atoms with Crippen molar-refractivity contribution < 1.29 is 9.59 Å². The molecule has 2 rings (SSSR count). The molecule has 0 fully saturated rings. The zero-order valence-corrected chi connectivity index (χ0v) is 10.1. The van der Waals surface area contributed by atoms with Crippen molar-refractivity contribution in [1.82, 2.24) is 5.32 Å². The average molecular weight is 248 g/mol. The summed E-state index contributed by atoms with van der Waals surface area (Å²) in [6.07, 6.45) is 1.73. The molecule has 5 heteroatoms. The van der Waals surface area contributed by atoms with Gasteiger partial charge in [0.25, 0.3) is 5.91 Å². The Bertz CT molecular complexity index is 497. The van der Waals surface area contributed by atoms with Gasteiger partial charge in [0.15, 0.2) is 0 Å². The van der Waals surface area contributed by atoms with Gasteiger partial charge in [0.05, 0.1) is 6.42 Å². The monoisotopic (exact) mass is 248 g/mol. The van der Waals surface area contributed by atoms with Crippen LogP contribution in [0.3, 0.4) is 0 Å². The molecule has 0 atom stereocenters. The molecule has 88 valence electrons. The molecule has 0 saturated carbocycles. The van der Waals surface area contributed by atoms with Crippen LogP contribution >= 0.6 is 11.8 Å². The highest BCUT2D eigenvalue weighted by Gasteiger charge is 2.17. The van der Waals surface area contributed by atoms with Crippen LogP contribution in [-0.4, -0.2) is 18.9 Å². The molecule has 17 heavy (non-hydrogen) atoms. The van der Waals surface area contributed by atoms with Crippen molar-refractivity contribution in [2.45, 2.75) is 11.3 Å². The maximum absolute atomic E-state index is 11.2. The molecule has 0 saturated heterocycles. The fourth-order valence-electron chi connectivity index (χ4n) is 1.54. The summed E-state index contributed by atoms with van der Waals surface area (Å²) in [5, 5.41) is 5.31. The van der Waals surface area contributed by atoms with Crippen molar-refractivity contribution in [3.05, 3.63) is 35.2 Å². The van der Waals surface area contributed by atoms with E-state index in [1.54, 1.807) is 0 Å². The van der Waals surface area contributed by atoms with Gasteiger partial charge >= 0.3 is 0 Å². The summed E-state index contributed by atoms with van der Waals surface area (Å²) in [6, 6.07) is 7.76. The summed E-state index contributed by atoms with van der Waals surface area (Å²) in [5.41, 5.74) is 0.983. The first-order valence-electron chi connectivity index (χ1n) is 5.18. The summed E-state index contributed by atoms with van der Waals surface area (Å²) in [5.74, 6) is -0.590. The molecule has 4 nitrogen and oxygen atoms in total. The lowest BCUT2D eigenvalue weighted by Gasteiger charge is -2.14. The first-order valence-corrected chi connectivity index (χ1v) is 5.99. The number of thioether (sulfide) groups is 1. The number of carbonyl (C=O) groups excluding carboxylic acids is 2. The van der Waals surface area contributed by atoms with E-state index in [0.717, 1.165) is 15.5 Å². The third kappa shape index (κ3) is 2.88. The average Bonchev–Trinajstić information content (AvgIpc) is 2.28. The van der Waals surface area contributed by atoms with Gasteiger partial charge in [-0.2, -0.15) is 0 Å². The SMILES string of the molecule is CNc1ccccc1SC1=CC(=O)NC(=O)C1. The van der Waals surface area contributed by atoms with Crippen molar-refractivity contribution >= 4 is 29.3 Å². The third-order valence-corrected chi connectivity index (χ3v) is 3.39. The number of benzene rings is 1. The minimum atomic E-state index is -0.342. The highest BCUT2D eigenvalue weighted by molar-refractivity contribution is 8.03. The van der Waals surface area contributed by atoms with Crippen molar-refractivity contribution in [1.29, 1.82) is 0 Å². The highest BCUT2D eigenvalue weighted by Crippen LogP contribution is 2.34. The van der Waals surface area contributed by atoms with Gasteiger partial charge in [0.2, 0.25) is 5.91 Å². The lowest BCUT2D eigenvalue weighted by atomic mass is 10.3. The first-order chi connectivity index (χ1) is 8.19. The van der Waals surface area contributed by atoms with E-state index in [9.17, 15) is 9.59 Å². The second kappa shape index (κ2) is 5.05. The molecular formula is C12H12N2O2S. The Balaban J connectivity index is 2.21. The van der Waals surface area contributed by atoms with E-state index in [1.165, 1.54) is 17.8 Å². The van der Waals surface area contributed by atoms with Crippen LogP contribution in [0.15, 0.2) is 40.1 Å². The van der Waals surface area contributed by atoms with Gasteiger partial charge in [-0.3, -0.25) is 14.9 Å². The molecule has 2 amide bonds. The Labute approximate surface area is 103 Å². The Kier molecular flexibility index (Phi) is 3.49. The minimum absolute atomic E-state index is 0.248. The molecule has 0 radical (unpaired) electrons. The van der Waals surface area contributed by atoms with Gasteiger partial charge in [-0.25, -0.2) is 0 Å². The number of para-hydroxylation sites is 1. The van der Waals surface area contributed by atoms with Gasteiger partial charge in [0, 0.05) is 28.6 Å². The normalized spacial score (nSPS) is 15.2. The van der Waals surface area contributed by atoms with Crippen LogP contribution in [0.25, 0.3) is 0 Å². The summed E-state index contributed by atoms with van der Waals surface area (Å²) >= 11 is 1.44. The molecule has 0 aliphatic carbocycles. The number of imide groups is 1. The number of hydrogen-bond donors (Lipinski definition) is 2. The number of carbonyl (C=O) groups is 2. The number of rotatable bonds is 3. The molecule has 0 aromatic heterocycles. The Morgan fingerprint density at radius 2 is 2.06 bits per heavy atom. The molecule has 1 aliphatic heterocycles. The molecule has 1 aromatic carbocycles. The topological polar surface area (TPSA) is 58.2 Å². The fraction of sp³-hybridized carbons (Fsp3) is 0.167. The van der Waals surface area contributed by atoms with Gasteiger partial charge in [0.1, 0.15) is 0 Å². The van der Waals surface area contributed by atoms with Crippen LogP contribution in [0, 0.1) is 0 Å². The lowest BCUT2D eigenvalue weighted by Crippen LogP contribution is -2.32. The second-order valence-electron chi connectivity index (χ2n) is 3.55. The maximum Gasteiger partial charge on any atom is 0.251 e. The van der Waals surface area contributed by atoms with E-state index in [-0.39, 0.29) is 18.2 Å². The highest BCUT2D eigenvalue weighted by atomic mass is 32.2. The summed E-state index contributed by atoms with van der Waals surface area (Å²) in [6.45, 7) is 0. The number of nitrogens with one attached hydrogen (secondary N) is 2. The van der Waals surface area contributed by atoms with Crippen molar-refractivity contribution in [3.8, 4) is 0 Å². The van der Waals surface area contributed by atoms with Crippen LogP contribution < -0.4 is 10.6 Å². The van der Waals surface area contributed by atoms with E-state index >= 15 is 0 Å². The third-order valence-electron chi connectivity index (χ3n) is 2.29. The van der Waals surface area contributed by atoms with Crippen molar-refractivity contribution in [2.24, 2.45) is 0 Å². The van der Waals surface area contributed by atoms with E-state index < -0.39 is 0 Å². The maximum atomic E-state index is 11.2. The Morgan fingerprint density at radius 3 is 2.76 bits per heavy atom. The Morgan fingerprint density at radius 1 is 1.29 bits per heavy atom. The number of amides is 2. The minimum Gasteiger partial charge on any atom is -0.387 e. The van der Waals surface area contributed by atoms with Crippen LogP contribution in [0.5, 0.6) is 0 Å². The number of hydrogen-bond acceptors (Lipinski definition) is 4. The second-order valence-corrected chi connectivity index (χ2v) is 4.72. The van der Waals surface area contributed by atoms with Crippen LogP contribution in [0.4, 0.5) is 5.69 Å². The quantitative estimate of drug-likeness (QED) is 0.800. The predicted octanol–water partition coefficient (Wildman–Crippen LogP) is 1.75. The van der Waals surface area contributed by atoms with E-state index in [0.29, 0.717) is 0 Å². The zero-order valence-electron chi connectivity index (χ0n) is 9.32. The first kappa shape index (κ1) is 11.7. The molecule has 0 spiro atoms. The van der Waals surface area contributed by atoms with Gasteiger partial charge < -0.3 is 5.32 Å². The Hall–Kier alpha value is -1.75. The zero-order chi connectivity index (χ0) is 12.3. The summed E-state index contributed by atoms with van der Waals surface area (Å²) in [7, 11) is 1.84. The number of anilines is 1. The molecule has 0 unspecified atom stereocenters. The summed E-state index contributed by atoms with van der Waals surface area (Å²) in [4.78, 5) is 24.2. The van der Waals surface area contributed by atoms with E-state index in [4.69, 9.17) is 0 Å². The van der Waals surface area contributed by atoms with Crippen LogP contribution in [0.1, 0.15) is 6.42 Å². The lowest BCUT2D eigenvalue weighted by molar-refractivity contribution is -0.128. The van der Waals surface area contributed by atoms with E-state index in [1.807, 2.05) is 31.3 Å². The van der Waals surface area contributed by atoms with E-state index in [2.05, 4.69) is 10.6 Å². The largest absolute Gasteiger partial charge is 0.387 e.